The minimum Gasteiger partial charge on any atom is -0.496 e. The first-order valence-electron chi connectivity index (χ1n) is 9.91. The van der Waals surface area contributed by atoms with E-state index >= 15 is 0 Å². The van der Waals surface area contributed by atoms with Crippen LogP contribution >= 0.6 is 0 Å². The smallest absolute Gasteiger partial charge is 0.157 e. The Morgan fingerprint density at radius 2 is 1.96 bits per heavy atom. The Labute approximate surface area is 168 Å². The number of methoxy groups -OCH3 is 1. The fraction of sp³-hybridized carbons (Fsp3) is 0.375. The number of hydrogen-bond donors (Lipinski definition) is 1. The maximum absolute atomic E-state index is 12.5. The molecule has 0 saturated carbocycles. The fourth-order valence-electron chi connectivity index (χ4n) is 3.73. The van der Waals surface area contributed by atoms with Crippen LogP contribution in [0.25, 0.3) is 6.08 Å². The Balaban J connectivity index is 1.55. The van der Waals surface area contributed by atoms with Gasteiger partial charge in [0.05, 0.1) is 7.11 Å². The number of rotatable bonds is 7. The Kier molecular flexibility index (Phi) is 7.01. The van der Waals surface area contributed by atoms with Gasteiger partial charge in [-0.3, -0.25) is 9.69 Å². The van der Waals surface area contributed by atoms with Crippen LogP contribution in [0.15, 0.2) is 48.5 Å². The van der Waals surface area contributed by atoms with E-state index in [1.54, 1.807) is 13.2 Å². The lowest BCUT2D eigenvalue weighted by molar-refractivity contribution is -0.115. The van der Waals surface area contributed by atoms with E-state index in [1.807, 2.05) is 31.2 Å². The molecule has 3 rings (SSSR count). The zero-order chi connectivity index (χ0) is 19.9. The van der Waals surface area contributed by atoms with Crippen molar-refractivity contribution >= 4 is 11.9 Å². The first kappa shape index (κ1) is 20.3. The average Bonchev–Trinajstić information content (AvgIpc) is 2.70. The quantitative estimate of drug-likeness (QED) is 0.745. The maximum Gasteiger partial charge on any atom is 0.157 e. The topological polar surface area (TPSA) is 41.6 Å². The summed E-state index contributed by atoms with van der Waals surface area (Å²) < 4.78 is 5.36. The molecule has 1 unspecified atom stereocenters. The number of hydrogen-bond acceptors (Lipinski definition) is 4. The van der Waals surface area contributed by atoms with Crippen molar-refractivity contribution in [2.45, 2.75) is 32.9 Å². The van der Waals surface area contributed by atoms with E-state index in [1.165, 1.54) is 5.56 Å². The first-order valence-corrected chi connectivity index (χ1v) is 9.91. The third-order valence-corrected chi connectivity index (χ3v) is 5.48. The zero-order valence-corrected chi connectivity index (χ0v) is 17.1. The second kappa shape index (κ2) is 9.67. The van der Waals surface area contributed by atoms with Crippen molar-refractivity contribution in [3.8, 4) is 5.75 Å². The Morgan fingerprint density at radius 1 is 1.18 bits per heavy atom. The number of nitrogens with one attached hydrogen (secondary N) is 1. The van der Waals surface area contributed by atoms with E-state index in [0.717, 1.165) is 48.6 Å². The molecule has 1 fully saturated rings. The van der Waals surface area contributed by atoms with E-state index in [9.17, 15) is 4.79 Å². The lowest BCUT2D eigenvalue weighted by atomic mass is 10.0. The molecule has 1 heterocycles. The number of allylic oxidation sites excluding steroid dienone is 1. The summed E-state index contributed by atoms with van der Waals surface area (Å²) in [4.78, 5) is 14.9. The highest BCUT2D eigenvalue weighted by molar-refractivity contribution is 5.94. The van der Waals surface area contributed by atoms with Crippen molar-refractivity contribution in [2.24, 2.45) is 0 Å². The summed E-state index contributed by atoms with van der Waals surface area (Å²) in [5.41, 5.74) is 4.64. The number of benzene rings is 2. The summed E-state index contributed by atoms with van der Waals surface area (Å²) in [5.74, 6) is 1.04. The van der Waals surface area contributed by atoms with Gasteiger partial charge in [-0.15, -0.1) is 0 Å². The zero-order valence-electron chi connectivity index (χ0n) is 17.1. The van der Waals surface area contributed by atoms with Gasteiger partial charge in [-0.2, -0.15) is 0 Å². The molecule has 1 aliphatic heterocycles. The average molecular weight is 379 g/mol. The van der Waals surface area contributed by atoms with E-state index in [0.29, 0.717) is 6.42 Å². The second-order valence-corrected chi connectivity index (χ2v) is 7.48. The van der Waals surface area contributed by atoms with Gasteiger partial charge in [-0.1, -0.05) is 42.5 Å². The van der Waals surface area contributed by atoms with Gasteiger partial charge >= 0.3 is 0 Å². The number of ketones is 1. The number of carbonyl (C=O) groups is 1. The lowest BCUT2D eigenvalue weighted by Crippen LogP contribution is -2.50. The van der Waals surface area contributed by atoms with Crippen molar-refractivity contribution in [1.82, 2.24) is 10.2 Å². The maximum atomic E-state index is 12.5. The molecule has 1 N–H and O–H groups in total. The van der Waals surface area contributed by atoms with Crippen LogP contribution in [0, 0.1) is 13.8 Å². The van der Waals surface area contributed by atoms with E-state index in [4.69, 9.17) is 4.74 Å². The van der Waals surface area contributed by atoms with Crippen molar-refractivity contribution in [2.75, 3.05) is 26.7 Å². The predicted molar refractivity (Wildman–Crippen MR) is 115 cm³/mol. The third-order valence-electron chi connectivity index (χ3n) is 5.48. The van der Waals surface area contributed by atoms with Gasteiger partial charge in [0, 0.05) is 38.6 Å². The molecule has 0 bridgehead atoms. The number of ether oxygens (including phenoxy) is 1. The van der Waals surface area contributed by atoms with Gasteiger partial charge in [0.15, 0.2) is 5.78 Å². The molecule has 28 heavy (non-hydrogen) atoms. The van der Waals surface area contributed by atoms with Crippen LogP contribution in [0.3, 0.4) is 0 Å². The second-order valence-electron chi connectivity index (χ2n) is 7.48. The van der Waals surface area contributed by atoms with Gasteiger partial charge in [0.25, 0.3) is 0 Å². The third kappa shape index (κ3) is 5.31. The Hall–Kier alpha value is -2.43. The van der Waals surface area contributed by atoms with Gasteiger partial charge in [0.1, 0.15) is 5.75 Å². The highest BCUT2D eigenvalue weighted by atomic mass is 16.5. The van der Waals surface area contributed by atoms with E-state index < -0.39 is 0 Å². The molecule has 148 valence electrons. The highest BCUT2D eigenvalue weighted by Crippen LogP contribution is 2.24. The van der Waals surface area contributed by atoms with Crippen LogP contribution in [0.1, 0.15) is 28.7 Å². The molecule has 4 nitrogen and oxygen atoms in total. The summed E-state index contributed by atoms with van der Waals surface area (Å²) in [6.07, 6.45) is 4.16. The number of nitrogens with zero attached hydrogens (tertiary/aromatic N) is 1. The van der Waals surface area contributed by atoms with Crippen LogP contribution in [-0.4, -0.2) is 43.5 Å². The summed E-state index contributed by atoms with van der Waals surface area (Å²) in [7, 11) is 1.68. The summed E-state index contributed by atoms with van der Waals surface area (Å²) in [5, 5.41) is 3.49. The molecule has 2 aromatic carbocycles. The van der Waals surface area contributed by atoms with E-state index in [-0.39, 0.29) is 11.8 Å². The normalized spacial score (nSPS) is 17.8. The summed E-state index contributed by atoms with van der Waals surface area (Å²) in [6.45, 7) is 7.88. The van der Waals surface area contributed by atoms with Gasteiger partial charge < -0.3 is 10.1 Å². The van der Waals surface area contributed by atoms with Crippen molar-refractivity contribution in [1.29, 1.82) is 0 Å². The number of carbonyl (C=O) groups excluding carboxylic acids is 1. The molecule has 1 aliphatic rings. The van der Waals surface area contributed by atoms with Crippen LogP contribution in [0.5, 0.6) is 5.75 Å². The molecule has 2 aromatic rings. The van der Waals surface area contributed by atoms with Crippen molar-refractivity contribution < 1.29 is 9.53 Å². The van der Waals surface area contributed by atoms with Crippen LogP contribution in [-0.2, 0) is 11.3 Å². The van der Waals surface area contributed by atoms with Crippen LogP contribution in [0.4, 0.5) is 0 Å². The SMILES string of the molecule is COc1ccc(C=CC(=O)CC2CN(Cc3ccccc3)CCN2)c(C)c1C. The summed E-state index contributed by atoms with van der Waals surface area (Å²) >= 11 is 0. The molecule has 0 amide bonds. The monoisotopic (exact) mass is 378 g/mol. The molecule has 1 saturated heterocycles. The van der Waals surface area contributed by atoms with Crippen molar-refractivity contribution in [3.63, 3.8) is 0 Å². The Bertz CT molecular complexity index is 830. The first-order chi connectivity index (χ1) is 13.6. The molecule has 0 aromatic heterocycles. The molecule has 0 aliphatic carbocycles. The Morgan fingerprint density at radius 3 is 2.71 bits per heavy atom. The molecule has 0 radical (unpaired) electrons. The van der Waals surface area contributed by atoms with Gasteiger partial charge in [-0.05, 0) is 48.2 Å². The standard InChI is InChI=1S/C24H30N2O2/c1-18-19(2)24(28-3)12-10-21(18)9-11-23(27)15-22-17-26(14-13-25-22)16-20-7-5-4-6-8-20/h4-12,22,25H,13-17H2,1-3H3. The van der Waals surface area contributed by atoms with E-state index in [2.05, 4.69) is 41.4 Å². The fourth-order valence-corrected chi connectivity index (χ4v) is 3.73. The molecular weight excluding hydrogens is 348 g/mol. The van der Waals surface area contributed by atoms with Gasteiger partial charge in [-0.25, -0.2) is 0 Å². The largest absolute Gasteiger partial charge is 0.496 e. The molecule has 0 spiro atoms. The molecular formula is C24H30N2O2. The van der Waals surface area contributed by atoms with Gasteiger partial charge in [0.2, 0.25) is 0 Å². The number of piperazine rings is 1. The van der Waals surface area contributed by atoms with Crippen LogP contribution < -0.4 is 10.1 Å². The minimum atomic E-state index is 0.159. The highest BCUT2D eigenvalue weighted by Gasteiger charge is 2.21. The predicted octanol–water partition coefficient (Wildman–Crippen LogP) is 3.76. The molecule has 4 heteroatoms. The lowest BCUT2D eigenvalue weighted by Gasteiger charge is -2.33. The summed E-state index contributed by atoms with van der Waals surface area (Å²) in [6, 6.07) is 14.7. The van der Waals surface area contributed by atoms with Crippen LogP contribution in [0.2, 0.25) is 0 Å². The molecule has 1 atom stereocenters. The van der Waals surface area contributed by atoms with Crippen molar-refractivity contribution in [3.05, 3.63) is 70.8 Å². The minimum absolute atomic E-state index is 0.159.